The highest BCUT2D eigenvalue weighted by atomic mass is 16.5. The molecule has 234 valence electrons. The van der Waals surface area contributed by atoms with E-state index in [0.717, 1.165) is 25.7 Å². The van der Waals surface area contributed by atoms with E-state index in [1.807, 2.05) is 20.8 Å². The van der Waals surface area contributed by atoms with Crippen molar-refractivity contribution in [3.8, 4) is 0 Å². The van der Waals surface area contributed by atoms with Gasteiger partial charge >= 0.3 is 12.0 Å². The van der Waals surface area contributed by atoms with Gasteiger partial charge in [-0.25, -0.2) is 9.59 Å². The fourth-order valence-electron chi connectivity index (χ4n) is 6.35. The topological polar surface area (TPSA) is 177 Å². The van der Waals surface area contributed by atoms with Crippen molar-refractivity contribution in [2.45, 2.75) is 104 Å². The molecule has 12 heteroatoms. The Kier molecular flexibility index (Phi) is 8.95. The average Bonchev–Trinajstić information content (AvgIpc) is 3.82. The first-order chi connectivity index (χ1) is 19.5. The van der Waals surface area contributed by atoms with E-state index in [-0.39, 0.29) is 23.2 Å². The van der Waals surface area contributed by atoms with Gasteiger partial charge in [-0.1, -0.05) is 47.5 Å². The van der Waals surface area contributed by atoms with Gasteiger partial charge in [0, 0.05) is 6.54 Å². The maximum Gasteiger partial charge on any atom is 0.328 e. The molecular weight excluding hydrogens is 542 g/mol. The summed E-state index contributed by atoms with van der Waals surface area (Å²) in [5.41, 5.74) is 4.45. The van der Waals surface area contributed by atoms with E-state index < -0.39 is 65.1 Å². The van der Waals surface area contributed by atoms with Crippen LogP contribution in [0.25, 0.3) is 0 Å². The minimum absolute atomic E-state index is 0.0571. The van der Waals surface area contributed by atoms with Crippen LogP contribution in [-0.2, 0) is 28.7 Å². The Balaban J connectivity index is 1.49. The number of urea groups is 1. The third-order valence-electron chi connectivity index (χ3n) is 9.36. The van der Waals surface area contributed by atoms with E-state index in [9.17, 15) is 28.8 Å². The maximum absolute atomic E-state index is 14.2. The van der Waals surface area contributed by atoms with Crippen LogP contribution in [0.15, 0.2) is 0 Å². The number of nitrogens with one attached hydrogen (secondary N) is 3. The number of nitrogens with zero attached hydrogens (tertiary/aromatic N) is 1. The summed E-state index contributed by atoms with van der Waals surface area (Å²) in [6, 6.07) is -4.51. The average molecular weight is 590 g/mol. The van der Waals surface area contributed by atoms with Gasteiger partial charge in [0.05, 0.1) is 12.6 Å². The van der Waals surface area contributed by atoms with Gasteiger partial charge in [-0.15, -0.1) is 0 Å². The molecule has 4 fully saturated rings. The molecule has 4 rings (SSSR count). The summed E-state index contributed by atoms with van der Waals surface area (Å²) in [6.07, 6.45) is 4.95. The summed E-state index contributed by atoms with van der Waals surface area (Å²) in [6.45, 7) is 11.8. The number of carbonyl (C=O) groups excluding carboxylic acids is 6. The number of primary amides is 1. The molecule has 1 unspecified atom stereocenters. The van der Waals surface area contributed by atoms with Crippen molar-refractivity contribution in [1.29, 1.82) is 0 Å². The van der Waals surface area contributed by atoms with E-state index >= 15 is 0 Å². The monoisotopic (exact) mass is 589 g/mol. The molecule has 3 aliphatic carbocycles. The summed E-state index contributed by atoms with van der Waals surface area (Å²) < 4.78 is 5.26. The number of esters is 1. The largest absolute Gasteiger partial charge is 0.464 e. The number of amides is 5. The van der Waals surface area contributed by atoms with Crippen LogP contribution in [-0.4, -0.2) is 77.7 Å². The minimum atomic E-state index is -1.10. The molecule has 0 aromatic heterocycles. The molecule has 5 amide bonds. The van der Waals surface area contributed by atoms with Crippen LogP contribution in [0.1, 0.15) is 80.1 Å². The van der Waals surface area contributed by atoms with Crippen LogP contribution in [0.5, 0.6) is 0 Å². The predicted molar refractivity (Wildman–Crippen MR) is 152 cm³/mol. The first kappa shape index (κ1) is 31.7. The smallest absolute Gasteiger partial charge is 0.328 e. The highest BCUT2D eigenvalue weighted by Gasteiger charge is 2.61. The molecule has 12 nitrogen and oxygen atoms in total. The van der Waals surface area contributed by atoms with Crippen molar-refractivity contribution >= 4 is 35.5 Å². The van der Waals surface area contributed by atoms with Crippen LogP contribution < -0.4 is 21.7 Å². The maximum atomic E-state index is 14.2. The van der Waals surface area contributed by atoms with Crippen LogP contribution >= 0.6 is 0 Å². The van der Waals surface area contributed by atoms with Crippen LogP contribution in [0.4, 0.5) is 4.79 Å². The number of carbonyl (C=O) groups is 6. The van der Waals surface area contributed by atoms with Gasteiger partial charge in [-0.3, -0.25) is 19.2 Å². The SMILES string of the molecule is C[C@H](NC(=O)N[C@H](C(=O)N1C[C@H]2[C@H](CC2(C)C)[C@H]1C(=O)NC(CC1CC1)C(=O)C(N)=O)C(C)(C)C)C(=O)OCC1CC1. The number of ether oxygens (including phenoxy) is 1. The Morgan fingerprint density at radius 2 is 1.60 bits per heavy atom. The quantitative estimate of drug-likeness (QED) is 0.196. The molecule has 0 aromatic carbocycles. The van der Waals surface area contributed by atoms with Crippen LogP contribution in [0, 0.1) is 34.5 Å². The molecule has 1 saturated heterocycles. The third kappa shape index (κ3) is 7.23. The zero-order chi connectivity index (χ0) is 31.1. The molecule has 0 bridgehead atoms. The molecule has 0 radical (unpaired) electrons. The molecule has 6 atom stereocenters. The van der Waals surface area contributed by atoms with Gasteiger partial charge < -0.3 is 31.3 Å². The molecular formula is C30H47N5O7. The number of likely N-dealkylation sites (tertiary alicyclic amines) is 1. The Bertz CT molecular complexity index is 1120. The molecule has 4 aliphatic rings. The molecule has 1 heterocycles. The summed E-state index contributed by atoms with van der Waals surface area (Å²) >= 11 is 0. The third-order valence-corrected chi connectivity index (χ3v) is 9.36. The molecule has 5 N–H and O–H groups in total. The lowest BCUT2D eigenvalue weighted by Crippen LogP contribution is -2.61. The zero-order valence-corrected chi connectivity index (χ0v) is 25.7. The van der Waals surface area contributed by atoms with Gasteiger partial charge in [0.2, 0.25) is 17.6 Å². The van der Waals surface area contributed by atoms with Gasteiger partial charge in [0.15, 0.2) is 0 Å². The lowest BCUT2D eigenvalue weighted by Gasteiger charge is -2.48. The van der Waals surface area contributed by atoms with E-state index in [0.29, 0.717) is 31.9 Å². The van der Waals surface area contributed by atoms with Crippen molar-refractivity contribution < 1.29 is 33.5 Å². The second-order valence-electron chi connectivity index (χ2n) is 14.6. The Hall–Kier alpha value is -3.18. The summed E-state index contributed by atoms with van der Waals surface area (Å²) in [5, 5.41) is 8.06. The normalized spacial score (nSPS) is 26.5. The van der Waals surface area contributed by atoms with Crippen molar-refractivity contribution in [3.63, 3.8) is 0 Å². The first-order valence-corrected chi connectivity index (χ1v) is 15.2. The number of rotatable bonds is 12. The summed E-state index contributed by atoms with van der Waals surface area (Å²) in [7, 11) is 0. The van der Waals surface area contributed by atoms with Crippen molar-refractivity contribution in [3.05, 3.63) is 0 Å². The first-order valence-electron chi connectivity index (χ1n) is 15.2. The van der Waals surface area contributed by atoms with Gasteiger partial charge in [0.25, 0.3) is 5.91 Å². The molecule has 3 saturated carbocycles. The van der Waals surface area contributed by atoms with Crippen LogP contribution in [0.3, 0.4) is 0 Å². The molecule has 0 aromatic rings. The van der Waals surface area contributed by atoms with Crippen LogP contribution in [0.2, 0.25) is 0 Å². The Morgan fingerprint density at radius 3 is 2.12 bits per heavy atom. The summed E-state index contributed by atoms with van der Waals surface area (Å²) in [4.78, 5) is 79.0. The second-order valence-corrected chi connectivity index (χ2v) is 14.6. The van der Waals surface area contributed by atoms with E-state index in [4.69, 9.17) is 10.5 Å². The number of Topliss-reactive ketones (excluding diaryl/α,β-unsaturated/α-hetero) is 1. The molecule has 1 aliphatic heterocycles. The number of hydrogen-bond donors (Lipinski definition) is 4. The standard InChI is InChI=1S/C30H47N5O7/c1-15(27(40)42-14-17-9-10-17)32-28(41)34-23(29(2,3)4)26(39)35-13-19-18(12-30(19,5)6)21(35)25(38)33-20(11-16-7-8-16)22(36)24(31)37/h15-21,23H,7-14H2,1-6H3,(H2,31,37)(H,33,38)(H2,32,34,41)/t15-,18-,19-,20?,21-,23+/m0/s1. The zero-order valence-electron chi connectivity index (χ0n) is 25.7. The lowest BCUT2D eigenvalue weighted by molar-refractivity contribution is -0.146. The second kappa shape index (κ2) is 11.8. The number of hydrogen-bond acceptors (Lipinski definition) is 7. The molecule has 42 heavy (non-hydrogen) atoms. The fraction of sp³-hybridized carbons (Fsp3) is 0.800. The lowest BCUT2D eigenvalue weighted by atomic mass is 9.55. The highest BCUT2D eigenvalue weighted by Crippen LogP contribution is 2.57. The number of nitrogens with two attached hydrogens (primary N) is 1. The van der Waals surface area contributed by atoms with Gasteiger partial charge in [-0.2, -0.15) is 0 Å². The van der Waals surface area contributed by atoms with E-state index in [1.54, 1.807) is 0 Å². The Morgan fingerprint density at radius 1 is 0.976 bits per heavy atom. The number of ketones is 1. The van der Waals surface area contributed by atoms with E-state index in [1.165, 1.54) is 11.8 Å². The van der Waals surface area contributed by atoms with Crippen molar-refractivity contribution in [2.75, 3.05) is 13.2 Å². The Labute approximate surface area is 247 Å². The fourth-order valence-corrected chi connectivity index (χ4v) is 6.35. The minimum Gasteiger partial charge on any atom is -0.464 e. The highest BCUT2D eigenvalue weighted by molar-refractivity contribution is 6.37. The molecule has 0 spiro atoms. The number of fused-ring (bicyclic) bond motifs is 1. The predicted octanol–water partition coefficient (Wildman–Crippen LogP) is 1.25. The van der Waals surface area contributed by atoms with E-state index in [2.05, 4.69) is 29.8 Å². The van der Waals surface area contributed by atoms with Crippen molar-refractivity contribution in [2.24, 2.45) is 40.2 Å². The van der Waals surface area contributed by atoms with Gasteiger partial charge in [0.1, 0.15) is 18.1 Å². The van der Waals surface area contributed by atoms with Crippen molar-refractivity contribution in [1.82, 2.24) is 20.9 Å². The summed E-state index contributed by atoms with van der Waals surface area (Å²) in [5.74, 6) is -2.83. The van der Waals surface area contributed by atoms with Gasteiger partial charge in [-0.05, 0) is 67.1 Å².